The molecule has 0 saturated heterocycles. The summed E-state index contributed by atoms with van der Waals surface area (Å²) in [5.41, 5.74) is 2.25. The summed E-state index contributed by atoms with van der Waals surface area (Å²) in [5, 5.41) is 11.9. The van der Waals surface area contributed by atoms with Gasteiger partial charge in [-0.3, -0.25) is 4.79 Å². The predicted octanol–water partition coefficient (Wildman–Crippen LogP) is 3.48. The number of hydrogen-bond acceptors (Lipinski definition) is 2. The Kier molecular flexibility index (Phi) is 6.13. The van der Waals surface area contributed by atoms with Gasteiger partial charge in [-0.15, -0.1) is 0 Å². The van der Waals surface area contributed by atoms with Crippen LogP contribution in [0.3, 0.4) is 0 Å². The molecule has 4 heteroatoms. The zero-order valence-electron chi connectivity index (χ0n) is 14.0. The molecule has 1 unspecified atom stereocenters. The second kappa shape index (κ2) is 8.29. The van der Waals surface area contributed by atoms with Crippen molar-refractivity contribution in [2.45, 2.75) is 26.2 Å². The summed E-state index contributed by atoms with van der Waals surface area (Å²) in [7, 11) is 0. The maximum Gasteiger partial charge on any atom is 0.335 e. The molecule has 1 amide bonds. The van der Waals surface area contributed by atoms with Gasteiger partial charge in [0.25, 0.3) is 0 Å². The molecule has 24 heavy (non-hydrogen) atoms. The van der Waals surface area contributed by atoms with E-state index in [-0.39, 0.29) is 23.8 Å². The van der Waals surface area contributed by atoms with Gasteiger partial charge in [-0.25, -0.2) is 4.79 Å². The van der Waals surface area contributed by atoms with Gasteiger partial charge < -0.3 is 10.4 Å². The third kappa shape index (κ3) is 4.95. The summed E-state index contributed by atoms with van der Waals surface area (Å²) < 4.78 is 0. The molecule has 4 nitrogen and oxygen atoms in total. The number of carbonyl (C=O) groups excluding carboxylic acids is 1. The minimum Gasteiger partial charge on any atom is -0.478 e. The molecule has 0 bridgehead atoms. The highest BCUT2D eigenvalue weighted by Gasteiger charge is 2.16. The quantitative estimate of drug-likeness (QED) is 0.819. The van der Waals surface area contributed by atoms with Crippen LogP contribution in [0.5, 0.6) is 0 Å². The van der Waals surface area contributed by atoms with Gasteiger partial charge in [0.1, 0.15) is 0 Å². The largest absolute Gasteiger partial charge is 0.478 e. The van der Waals surface area contributed by atoms with Crippen molar-refractivity contribution in [1.82, 2.24) is 5.32 Å². The van der Waals surface area contributed by atoms with Crippen LogP contribution in [0.1, 0.15) is 41.3 Å². The lowest BCUT2D eigenvalue weighted by molar-refractivity contribution is -0.120. The molecular formula is C20H23NO3. The van der Waals surface area contributed by atoms with Crippen molar-refractivity contribution in [3.8, 4) is 0 Å². The SMILES string of the molecule is CC(C)C(CNC(=O)Cc1ccc(C(=O)O)cc1)c1ccccc1. The second-order valence-electron chi connectivity index (χ2n) is 6.24. The first-order valence-corrected chi connectivity index (χ1v) is 8.11. The van der Waals surface area contributed by atoms with E-state index < -0.39 is 5.97 Å². The maximum absolute atomic E-state index is 12.2. The lowest BCUT2D eigenvalue weighted by atomic mass is 9.88. The standard InChI is InChI=1S/C20H23NO3/c1-14(2)18(16-6-4-3-5-7-16)13-21-19(22)12-15-8-10-17(11-9-15)20(23)24/h3-11,14,18H,12-13H2,1-2H3,(H,21,22)(H,23,24). The number of carboxylic acid groups (broad SMARTS) is 1. The van der Waals surface area contributed by atoms with Crippen LogP contribution in [0.2, 0.25) is 0 Å². The second-order valence-corrected chi connectivity index (χ2v) is 6.24. The van der Waals surface area contributed by atoms with Gasteiger partial charge >= 0.3 is 5.97 Å². The number of nitrogens with one attached hydrogen (secondary N) is 1. The molecule has 2 aromatic carbocycles. The molecule has 1 atom stereocenters. The first-order valence-electron chi connectivity index (χ1n) is 8.11. The van der Waals surface area contributed by atoms with E-state index in [1.54, 1.807) is 12.1 Å². The lowest BCUT2D eigenvalue weighted by Gasteiger charge is -2.22. The van der Waals surface area contributed by atoms with Crippen molar-refractivity contribution in [3.63, 3.8) is 0 Å². The van der Waals surface area contributed by atoms with E-state index in [4.69, 9.17) is 5.11 Å². The maximum atomic E-state index is 12.2. The zero-order chi connectivity index (χ0) is 17.5. The van der Waals surface area contributed by atoms with Crippen LogP contribution in [0, 0.1) is 5.92 Å². The molecule has 0 radical (unpaired) electrons. The van der Waals surface area contributed by atoms with Crippen LogP contribution in [0.4, 0.5) is 0 Å². The molecule has 0 aromatic heterocycles. The third-order valence-corrected chi connectivity index (χ3v) is 4.12. The van der Waals surface area contributed by atoms with Gasteiger partial charge in [-0.1, -0.05) is 56.3 Å². The molecule has 0 aliphatic heterocycles. The Labute approximate surface area is 142 Å². The fraction of sp³-hybridized carbons (Fsp3) is 0.300. The van der Waals surface area contributed by atoms with Crippen LogP contribution < -0.4 is 5.32 Å². The minimum atomic E-state index is -0.964. The number of carboxylic acids is 1. The van der Waals surface area contributed by atoms with Crippen molar-refractivity contribution in [2.24, 2.45) is 5.92 Å². The summed E-state index contributed by atoms with van der Waals surface area (Å²) in [6.45, 7) is 4.89. The predicted molar refractivity (Wildman–Crippen MR) is 94.1 cm³/mol. The van der Waals surface area contributed by atoms with Crippen molar-refractivity contribution >= 4 is 11.9 Å². The summed E-state index contributed by atoms with van der Waals surface area (Å²) in [5.74, 6) is -0.333. The molecule has 0 fully saturated rings. The number of hydrogen-bond donors (Lipinski definition) is 2. The van der Waals surface area contributed by atoms with Crippen LogP contribution in [-0.4, -0.2) is 23.5 Å². The van der Waals surface area contributed by atoms with E-state index in [1.807, 2.05) is 18.2 Å². The van der Waals surface area contributed by atoms with Crippen molar-refractivity contribution in [3.05, 3.63) is 71.3 Å². The Morgan fingerprint density at radius 3 is 2.17 bits per heavy atom. The van der Waals surface area contributed by atoms with Gasteiger partial charge in [0, 0.05) is 12.5 Å². The van der Waals surface area contributed by atoms with Crippen LogP contribution in [-0.2, 0) is 11.2 Å². The molecule has 2 rings (SSSR count). The van der Waals surface area contributed by atoms with E-state index >= 15 is 0 Å². The first-order chi connectivity index (χ1) is 11.5. The fourth-order valence-electron chi connectivity index (χ4n) is 2.68. The summed E-state index contributed by atoms with van der Waals surface area (Å²) >= 11 is 0. The van der Waals surface area contributed by atoms with Gasteiger partial charge in [-0.05, 0) is 29.2 Å². The summed E-state index contributed by atoms with van der Waals surface area (Å²) in [6, 6.07) is 16.6. The summed E-state index contributed by atoms with van der Waals surface area (Å²) in [4.78, 5) is 23.0. The van der Waals surface area contributed by atoms with E-state index in [9.17, 15) is 9.59 Å². The monoisotopic (exact) mass is 325 g/mol. The number of benzene rings is 2. The fourth-order valence-corrected chi connectivity index (χ4v) is 2.68. The average Bonchev–Trinajstić information content (AvgIpc) is 2.56. The van der Waals surface area contributed by atoms with E-state index in [0.717, 1.165) is 5.56 Å². The highest BCUT2D eigenvalue weighted by Crippen LogP contribution is 2.23. The van der Waals surface area contributed by atoms with Crippen LogP contribution >= 0.6 is 0 Å². The molecule has 0 spiro atoms. The number of amides is 1. The molecule has 2 aromatic rings. The van der Waals surface area contributed by atoms with Crippen molar-refractivity contribution in [1.29, 1.82) is 0 Å². The number of rotatable bonds is 7. The number of aromatic carboxylic acids is 1. The summed E-state index contributed by atoms with van der Waals surface area (Å²) in [6.07, 6.45) is 0.250. The highest BCUT2D eigenvalue weighted by atomic mass is 16.4. The Bertz CT molecular complexity index is 678. The Hall–Kier alpha value is -2.62. The van der Waals surface area contributed by atoms with Crippen LogP contribution in [0.15, 0.2) is 54.6 Å². The smallest absolute Gasteiger partial charge is 0.335 e. The molecule has 0 heterocycles. The lowest BCUT2D eigenvalue weighted by Crippen LogP contribution is -2.31. The van der Waals surface area contributed by atoms with Gasteiger partial charge in [0.05, 0.1) is 12.0 Å². The van der Waals surface area contributed by atoms with Crippen LogP contribution in [0.25, 0.3) is 0 Å². The highest BCUT2D eigenvalue weighted by molar-refractivity contribution is 5.87. The molecule has 0 aliphatic carbocycles. The Morgan fingerprint density at radius 2 is 1.62 bits per heavy atom. The van der Waals surface area contributed by atoms with Gasteiger partial charge in [0.15, 0.2) is 0 Å². The van der Waals surface area contributed by atoms with Crippen molar-refractivity contribution < 1.29 is 14.7 Å². The zero-order valence-corrected chi connectivity index (χ0v) is 14.0. The third-order valence-electron chi connectivity index (χ3n) is 4.12. The molecule has 0 saturated carbocycles. The van der Waals surface area contributed by atoms with E-state index in [2.05, 4.69) is 31.3 Å². The normalized spacial score (nSPS) is 12.0. The Balaban J connectivity index is 1.92. The van der Waals surface area contributed by atoms with Gasteiger partial charge in [0.2, 0.25) is 5.91 Å². The van der Waals surface area contributed by atoms with Crippen molar-refractivity contribution in [2.75, 3.05) is 6.54 Å². The van der Waals surface area contributed by atoms with E-state index in [1.165, 1.54) is 17.7 Å². The minimum absolute atomic E-state index is 0.0559. The van der Waals surface area contributed by atoms with Gasteiger partial charge in [-0.2, -0.15) is 0 Å². The molecule has 126 valence electrons. The first kappa shape index (κ1) is 17.7. The topological polar surface area (TPSA) is 66.4 Å². The number of carbonyl (C=O) groups is 2. The molecular weight excluding hydrogens is 302 g/mol. The molecule has 2 N–H and O–H groups in total. The van der Waals surface area contributed by atoms with E-state index in [0.29, 0.717) is 12.5 Å². The average molecular weight is 325 g/mol. The Morgan fingerprint density at radius 1 is 1.00 bits per heavy atom. The molecule has 0 aliphatic rings.